The fraction of sp³-hybridized carbons (Fsp3) is 0.667. The summed E-state index contributed by atoms with van der Waals surface area (Å²) in [5, 5.41) is 4.50. The first-order valence-electron chi connectivity index (χ1n) is 7.93. The average Bonchev–Trinajstić information content (AvgIpc) is 2.42. The fourth-order valence-corrected chi connectivity index (χ4v) is 3.64. The Hall–Kier alpha value is -0.890. The summed E-state index contributed by atoms with van der Waals surface area (Å²) in [7, 11) is 1.70. The molecule has 1 N–H and O–H groups in total. The molecule has 2 unspecified atom stereocenters. The lowest BCUT2D eigenvalue weighted by Crippen LogP contribution is -2.39. The fourth-order valence-electron chi connectivity index (χ4n) is 3.48. The smallest absolute Gasteiger partial charge is 0.143 e. The summed E-state index contributed by atoms with van der Waals surface area (Å²) in [6.07, 6.45) is 5.18. The maximum absolute atomic E-state index is 6.20. The third kappa shape index (κ3) is 3.85. The molecule has 21 heavy (non-hydrogen) atoms. The predicted octanol–water partition coefficient (Wildman–Crippen LogP) is 5.67. The molecule has 0 radical (unpaired) electrons. The van der Waals surface area contributed by atoms with Crippen molar-refractivity contribution in [2.45, 2.75) is 59.4 Å². The number of hydrogen-bond donors (Lipinski definition) is 1. The van der Waals surface area contributed by atoms with E-state index >= 15 is 0 Å². The molecule has 1 saturated carbocycles. The molecule has 0 spiro atoms. The average molecular weight is 310 g/mol. The highest BCUT2D eigenvalue weighted by molar-refractivity contribution is 6.31. The van der Waals surface area contributed by atoms with Gasteiger partial charge in [0.2, 0.25) is 0 Å². The molecule has 2 rings (SSSR count). The minimum Gasteiger partial charge on any atom is -0.495 e. The zero-order valence-corrected chi connectivity index (χ0v) is 14.7. The highest BCUT2D eigenvalue weighted by Crippen LogP contribution is 2.41. The van der Waals surface area contributed by atoms with Gasteiger partial charge in [-0.15, -0.1) is 0 Å². The van der Waals surface area contributed by atoms with Gasteiger partial charge in [-0.2, -0.15) is 0 Å². The molecule has 0 bridgehead atoms. The lowest BCUT2D eigenvalue weighted by Gasteiger charge is -2.41. The van der Waals surface area contributed by atoms with E-state index in [1.54, 1.807) is 7.11 Å². The second-order valence-corrected chi connectivity index (χ2v) is 7.72. The van der Waals surface area contributed by atoms with Crippen LogP contribution in [0.2, 0.25) is 5.02 Å². The summed E-state index contributed by atoms with van der Waals surface area (Å²) >= 11 is 6.20. The normalized spacial score (nSPS) is 23.0. The second kappa shape index (κ2) is 6.48. The number of anilines is 1. The van der Waals surface area contributed by atoms with Crippen molar-refractivity contribution >= 4 is 17.3 Å². The van der Waals surface area contributed by atoms with Crippen molar-refractivity contribution in [3.8, 4) is 5.75 Å². The van der Waals surface area contributed by atoms with Crippen LogP contribution in [0.15, 0.2) is 12.1 Å². The molecular weight excluding hydrogens is 282 g/mol. The van der Waals surface area contributed by atoms with E-state index in [0.717, 1.165) is 22.0 Å². The van der Waals surface area contributed by atoms with Gasteiger partial charge in [0.15, 0.2) is 0 Å². The third-order valence-corrected chi connectivity index (χ3v) is 5.11. The van der Waals surface area contributed by atoms with Crippen LogP contribution < -0.4 is 10.1 Å². The Labute approximate surface area is 134 Å². The molecule has 1 aliphatic carbocycles. The minimum atomic E-state index is 0.326. The number of nitrogens with one attached hydrogen (secondary N) is 1. The van der Waals surface area contributed by atoms with E-state index in [9.17, 15) is 0 Å². The molecule has 2 atom stereocenters. The van der Waals surface area contributed by atoms with Crippen LogP contribution in [0.4, 0.5) is 5.69 Å². The van der Waals surface area contributed by atoms with Gasteiger partial charge in [-0.05, 0) is 42.7 Å². The second-order valence-electron chi connectivity index (χ2n) is 7.31. The molecule has 1 aromatic rings. The van der Waals surface area contributed by atoms with E-state index in [4.69, 9.17) is 16.3 Å². The molecule has 118 valence electrons. The Morgan fingerprint density at radius 2 is 1.86 bits per heavy atom. The Morgan fingerprint density at radius 3 is 2.48 bits per heavy atom. The van der Waals surface area contributed by atoms with Crippen LogP contribution in [-0.2, 0) is 0 Å². The molecule has 1 aromatic carbocycles. The van der Waals surface area contributed by atoms with Crippen molar-refractivity contribution in [1.29, 1.82) is 0 Å². The lowest BCUT2D eigenvalue weighted by molar-refractivity contribution is 0.162. The molecule has 0 saturated heterocycles. The van der Waals surface area contributed by atoms with Crippen LogP contribution in [0.25, 0.3) is 0 Å². The van der Waals surface area contributed by atoms with E-state index in [1.807, 2.05) is 13.0 Å². The summed E-state index contributed by atoms with van der Waals surface area (Å²) in [5.41, 5.74) is 2.48. The number of hydrogen-bond acceptors (Lipinski definition) is 2. The Kier molecular flexibility index (Phi) is 5.08. The zero-order valence-electron chi connectivity index (χ0n) is 13.9. The zero-order chi connectivity index (χ0) is 15.6. The largest absolute Gasteiger partial charge is 0.495 e. The van der Waals surface area contributed by atoms with Crippen molar-refractivity contribution < 1.29 is 4.74 Å². The number of aryl methyl sites for hydroxylation is 1. The molecule has 3 heteroatoms. The SMILES string of the molecule is COc1cc(Cl)c(C)cc1NC1CCCCC1C(C)(C)C. The van der Waals surface area contributed by atoms with E-state index in [0.29, 0.717) is 17.4 Å². The summed E-state index contributed by atoms with van der Waals surface area (Å²) < 4.78 is 5.50. The summed E-state index contributed by atoms with van der Waals surface area (Å²) in [6, 6.07) is 4.53. The summed E-state index contributed by atoms with van der Waals surface area (Å²) in [6.45, 7) is 9.08. The van der Waals surface area contributed by atoms with Gasteiger partial charge in [-0.25, -0.2) is 0 Å². The molecular formula is C18H28ClNO. The lowest BCUT2D eigenvalue weighted by atomic mass is 9.69. The number of halogens is 1. The number of ether oxygens (including phenoxy) is 1. The number of methoxy groups -OCH3 is 1. The molecule has 0 amide bonds. The quantitative estimate of drug-likeness (QED) is 0.776. The van der Waals surface area contributed by atoms with Crippen molar-refractivity contribution in [1.82, 2.24) is 0 Å². The molecule has 1 aliphatic rings. The van der Waals surface area contributed by atoms with Gasteiger partial charge >= 0.3 is 0 Å². The van der Waals surface area contributed by atoms with Gasteiger partial charge in [-0.3, -0.25) is 0 Å². The Morgan fingerprint density at radius 1 is 1.19 bits per heavy atom. The van der Waals surface area contributed by atoms with Gasteiger partial charge in [0.25, 0.3) is 0 Å². The van der Waals surface area contributed by atoms with Crippen LogP contribution in [0.1, 0.15) is 52.0 Å². The number of rotatable bonds is 3. The molecule has 0 heterocycles. The van der Waals surface area contributed by atoms with Crippen LogP contribution in [0.3, 0.4) is 0 Å². The first kappa shape index (κ1) is 16.5. The highest BCUT2D eigenvalue weighted by Gasteiger charge is 2.34. The highest BCUT2D eigenvalue weighted by atomic mass is 35.5. The van der Waals surface area contributed by atoms with Crippen molar-refractivity contribution in [3.63, 3.8) is 0 Å². The van der Waals surface area contributed by atoms with Crippen LogP contribution in [0, 0.1) is 18.3 Å². The van der Waals surface area contributed by atoms with Gasteiger partial charge < -0.3 is 10.1 Å². The van der Waals surface area contributed by atoms with Crippen LogP contribution >= 0.6 is 11.6 Å². The minimum absolute atomic E-state index is 0.326. The van der Waals surface area contributed by atoms with E-state index in [2.05, 4.69) is 32.2 Å². The predicted molar refractivity (Wildman–Crippen MR) is 91.6 cm³/mol. The van der Waals surface area contributed by atoms with Gasteiger partial charge in [0, 0.05) is 17.1 Å². The third-order valence-electron chi connectivity index (χ3n) is 4.70. The molecule has 2 nitrogen and oxygen atoms in total. The van der Waals surface area contributed by atoms with Crippen molar-refractivity contribution in [2.75, 3.05) is 12.4 Å². The van der Waals surface area contributed by atoms with Crippen LogP contribution in [-0.4, -0.2) is 13.2 Å². The van der Waals surface area contributed by atoms with Crippen LogP contribution in [0.5, 0.6) is 5.75 Å². The summed E-state index contributed by atoms with van der Waals surface area (Å²) in [4.78, 5) is 0. The Balaban J connectivity index is 2.25. The standard InChI is InChI=1S/C18H28ClNO/c1-12-10-16(17(21-5)11-14(12)19)20-15-9-7-6-8-13(15)18(2,3)4/h10-11,13,15,20H,6-9H2,1-5H3. The maximum atomic E-state index is 6.20. The Bertz CT molecular complexity index is 493. The first-order valence-corrected chi connectivity index (χ1v) is 8.31. The van der Waals surface area contributed by atoms with Gasteiger partial charge in [-0.1, -0.05) is 45.2 Å². The van der Waals surface area contributed by atoms with Gasteiger partial charge in [0.05, 0.1) is 12.8 Å². The van der Waals surface area contributed by atoms with E-state index in [1.165, 1.54) is 25.7 Å². The van der Waals surface area contributed by atoms with Gasteiger partial charge in [0.1, 0.15) is 5.75 Å². The van der Waals surface area contributed by atoms with Crippen molar-refractivity contribution in [3.05, 3.63) is 22.7 Å². The van der Waals surface area contributed by atoms with E-state index in [-0.39, 0.29) is 0 Å². The molecule has 0 aliphatic heterocycles. The van der Waals surface area contributed by atoms with Crippen molar-refractivity contribution in [2.24, 2.45) is 11.3 Å². The topological polar surface area (TPSA) is 21.3 Å². The van der Waals surface area contributed by atoms with E-state index < -0.39 is 0 Å². The molecule has 1 fully saturated rings. The number of benzene rings is 1. The molecule has 0 aromatic heterocycles. The summed E-state index contributed by atoms with van der Waals surface area (Å²) in [5.74, 6) is 1.52. The monoisotopic (exact) mass is 309 g/mol. The first-order chi connectivity index (χ1) is 9.82. The maximum Gasteiger partial charge on any atom is 0.143 e.